The Balaban J connectivity index is 1.68. The van der Waals surface area contributed by atoms with Crippen molar-refractivity contribution in [2.75, 3.05) is 12.4 Å². The molecule has 3 aromatic rings. The van der Waals surface area contributed by atoms with Crippen LogP contribution in [0.3, 0.4) is 0 Å². The summed E-state index contributed by atoms with van der Waals surface area (Å²) in [7, 11) is 1.60. The highest BCUT2D eigenvalue weighted by atomic mass is 19.3. The van der Waals surface area contributed by atoms with Gasteiger partial charge in [0.1, 0.15) is 11.5 Å². The summed E-state index contributed by atoms with van der Waals surface area (Å²) < 4.78 is 39.6. The first-order valence-corrected chi connectivity index (χ1v) is 7.39. The van der Waals surface area contributed by atoms with E-state index in [0.717, 1.165) is 11.3 Å². The lowest BCUT2D eigenvalue weighted by Gasteiger charge is -2.05. The number of rotatable bonds is 7. The van der Waals surface area contributed by atoms with E-state index in [0.29, 0.717) is 12.1 Å². The third kappa shape index (κ3) is 4.43. The predicted molar refractivity (Wildman–Crippen MR) is 86.7 cm³/mol. The highest BCUT2D eigenvalue weighted by Crippen LogP contribution is 2.25. The maximum atomic E-state index is 12.3. The molecule has 0 radical (unpaired) electrons. The molecule has 0 fully saturated rings. The number of halogens is 2. The molecule has 0 unspecified atom stereocenters. The molecule has 0 atom stereocenters. The van der Waals surface area contributed by atoms with Crippen LogP contribution in [0.25, 0.3) is 11.5 Å². The average Bonchev–Trinajstić information content (AvgIpc) is 3.09. The van der Waals surface area contributed by atoms with Gasteiger partial charge in [-0.2, -0.15) is 8.78 Å². The number of benzene rings is 2. The van der Waals surface area contributed by atoms with Crippen LogP contribution in [0.5, 0.6) is 11.5 Å². The fourth-order valence-corrected chi connectivity index (χ4v) is 2.18. The van der Waals surface area contributed by atoms with E-state index in [1.54, 1.807) is 19.2 Å². The summed E-state index contributed by atoms with van der Waals surface area (Å²) in [5.74, 6) is 0.978. The second-order valence-electron chi connectivity index (χ2n) is 5.02. The summed E-state index contributed by atoms with van der Waals surface area (Å²) in [4.78, 5) is 0. The molecule has 1 heterocycles. The van der Waals surface area contributed by atoms with Gasteiger partial charge in [0.15, 0.2) is 0 Å². The van der Waals surface area contributed by atoms with Crippen molar-refractivity contribution in [1.82, 2.24) is 10.2 Å². The molecule has 0 aliphatic carbocycles. The lowest BCUT2D eigenvalue weighted by atomic mass is 10.2. The molecule has 3 rings (SSSR count). The number of anilines is 1. The third-order valence-electron chi connectivity index (χ3n) is 3.31. The van der Waals surface area contributed by atoms with Gasteiger partial charge in [-0.1, -0.05) is 23.3 Å². The molecule has 0 saturated heterocycles. The number of alkyl halides is 2. The number of hydrogen-bond donors (Lipinski definition) is 1. The normalized spacial score (nSPS) is 10.7. The van der Waals surface area contributed by atoms with E-state index >= 15 is 0 Å². The molecule has 2 aromatic carbocycles. The Hall–Kier alpha value is -3.16. The molecule has 1 aromatic heterocycles. The number of nitrogens with zero attached hydrogens (tertiary/aromatic N) is 2. The van der Waals surface area contributed by atoms with Crippen LogP contribution in [-0.4, -0.2) is 23.9 Å². The summed E-state index contributed by atoms with van der Waals surface area (Å²) in [6.45, 7) is -2.43. The Morgan fingerprint density at radius 2 is 1.88 bits per heavy atom. The molecule has 6 nitrogen and oxygen atoms in total. The largest absolute Gasteiger partial charge is 0.497 e. The third-order valence-corrected chi connectivity index (χ3v) is 3.31. The number of methoxy groups -OCH3 is 1. The highest BCUT2D eigenvalue weighted by molar-refractivity contribution is 5.56. The van der Waals surface area contributed by atoms with Crippen molar-refractivity contribution in [2.24, 2.45) is 0 Å². The first kappa shape index (κ1) is 16.7. The van der Waals surface area contributed by atoms with E-state index in [1.165, 1.54) is 12.1 Å². The molecule has 0 bridgehead atoms. The van der Waals surface area contributed by atoms with Crippen LogP contribution >= 0.6 is 0 Å². The Kier molecular flexibility index (Phi) is 5.08. The van der Waals surface area contributed by atoms with Gasteiger partial charge in [-0.25, -0.2) is 0 Å². The van der Waals surface area contributed by atoms with Crippen molar-refractivity contribution in [3.05, 3.63) is 54.1 Å². The van der Waals surface area contributed by atoms with Gasteiger partial charge < -0.3 is 19.2 Å². The minimum Gasteiger partial charge on any atom is -0.497 e. The first-order chi connectivity index (χ1) is 12.1. The number of hydrogen-bond acceptors (Lipinski definition) is 6. The van der Waals surface area contributed by atoms with Crippen molar-refractivity contribution in [3.8, 4) is 23.0 Å². The molecule has 130 valence electrons. The van der Waals surface area contributed by atoms with Crippen molar-refractivity contribution in [3.63, 3.8) is 0 Å². The maximum absolute atomic E-state index is 12.3. The minimum absolute atomic E-state index is 0.0246. The summed E-state index contributed by atoms with van der Waals surface area (Å²) >= 11 is 0. The summed E-state index contributed by atoms with van der Waals surface area (Å²) in [6.07, 6.45) is 0. The molecular weight excluding hydrogens is 332 g/mol. The summed E-state index contributed by atoms with van der Waals surface area (Å²) in [5, 5.41) is 10.8. The SMILES string of the molecule is COc1cccc(CNc2nnc(-c3cccc(OC(F)F)c3)o2)c1. The van der Waals surface area contributed by atoms with E-state index in [2.05, 4.69) is 20.3 Å². The zero-order valence-corrected chi connectivity index (χ0v) is 13.3. The smallest absolute Gasteiger partial charge is 0.387 e. The number of ether oxygens (including phenoxy) is 2. The Morgan fingerprint density at radius 3 is 2.68 bits per heavy atom. The standard InChI is InChI=1S/C17H15F2N3O3/c1-23-13-6-2-4-11(8-13)10-20-17-22-21-15(25-17)12-5-3-7-14(9-12)24-16(18)19/h2-9,16H,10H2,1H3,(H,20,22). The van der Waals surface area contributed by atoms with Crippen LogP contribution in [0.4, 0.5) is 14.8 Å². The van der Waals surface area contributed by atoms with Gasteiger partial charge in [0, 0.05) is 12.1 Å². The number of aromatic nitrogens is 2. The lowest BCUT2D eigenvalue weighted by Crippen LogP contribution is -2.01. The van der Waals surface area contributed by atoms with Gasteiger partial charge in [-0.05, 0) is 35.9 Å². The highest BCUT2D eigenvalue weighted by Gasteiger charge is 2.11. The number of nitrogens with one attached hydrogen (secondary N) is 1. The van der Waals surface area contributed by atoms with Gasteiger partial charge in [0.2, 0.25) is 5.89 Å². The molecule has 0 aliphatic heterocycles. The molecule has 0 spiro atoms. The molecule has 0 amide bonds. The molecule has 0 saturated carbocycles. The topological polar surface area (TPSA) is 69.4 Å². The summed E-state index contributed by atoms with van der Waals surface area (Å²) in [6, 6.07) is 13.8. The second kappa shape index (κ2) is 7.61. The van der Waals surface area contributed by atoms with Crippen LogP contribution in [0.2, 0.25) is 0 Å². The van der Waals surface area contributed by atoms with E-state index in [9.17, 15) is 8.78 Å². The average molecular weight is 347 g/mol. The van der Waals surface area contributed by atoms with E-state index < -0.39 is 6.61 Å². The fourth-order valence-electron chi connectivity index (χ4n) is 2.18. The van der Waals surface area contributed by atoms with Crippen LogP contribution < -0.4 is 14.8 Å². The van der Waals surface area contributed by atoms with Crippen LogP contribution in [0, 0.1) is 0 Å². The molecule has 1 N–H and O–H groups in total. The Labute approximate surface area is 142 Å². The molecule has 25 heavy (non-hydrogen) atoms. The van der Waals surface area contributed by atoms with E-state index in [-0.39, 0.29) is 17.7 Å². The zero-order valence-electron chi connectivity index (χ0n) is 13.3. The van der Waals surface area contributed by atoms with Crippen molar-refractivity contribution in [1.29, 1.82) is 0 Å². The van der Waals surface area contributed by atoms with Gasteiger partial charge in [-0.3, -0.25) is 0 Å². The second-order valence-corrected chi connectivity index (χ2v) is 5.02. The van der Waals surface area contributed by atoms with E-state index in [1.807, 2.05) is 24.3 Å². The van der Waals surface area contributed by atoms with Gasteiger partial charge in [0.05, 0.1) is 7.11 Å². The van der Waals surface area contributed by atoms with E-state index in [4.69, 9.17) is 9.15 Å². The van der Waals surface area contributed by atoms with Crippen molar-refractivity contribution in [2.45, 2.75) is 13.2 Å². The Bertz CT molecular complexity index is 839. The quantitative estimate of drug-likeness (QED) is 0.698. The predicted octanol–water partition coefficient (Wildman–Crippen LogP) is 3.96. The molecular formula is C17H15F2N3O3. The van der Waals surface area contributed by atoms with Crippen molar-refractivity contribution >= 4 is 6.01 Å². The molecule has 8 heteroatoms. The van der Waals surface area contributed by atoms with Crippen molar-refractivity contribution < 1.29 is 22.7 Å². The van der Waals surface area contributed by atoms with Gasteiger partial charge >= 0.3 is 12.6 Å². The zero-order chi connectivity index (χ0) is 17.6. The van der Waals surface area contributed by atoms with Crippen LogP contribution in [0.1, 0.15) is 5.56 Å². The van der Waals surface area contributed by atoms with Gasteiger partial charge in [0.25, 0.3) is 0 Å². The van der Waals surface area contributed by atoms with Crippen LogP contribution in [0.15, 0.2) is 52.9 Å². The fraction of sp³-hybridized carbons (Fsp3) is 0.176. The monoisotopic (exact) mass is 347 g/mol. The minimum atomic E-state index is -2.89. The Morgan fingerprint density at radius 1 is 1.08 bits per heavy atom. The molecule has 0 aliphatic rings. The van der Waals surface area contributed by atoms with Gasteiger partial charge in [-0.15, -0.1) is 5.10 Å². The maximum Gasteiger partial charge on any atom is 0.387 e. The summed E-state index contributed by atoms with van der Waals surface area (Å²) in [5.41, 5.74) is 1.46. The first-order valence-electron chi connectivity index (χ1n) is 7.39. The van der Waals surface area contributed by atoms with Crippen LogP contribution in [-0.2, 0) is 6.54 Å². The lowest BCUT2D eigenvalue weighted by molar-refractivity contribution is -0.0498.